The fourth-order valence-corrected chi connectivity index (χ4v) is 3.97. The standard InChI is InChI=1S/C17H19N5O2S/c1-10-8-18-16(24-10)11(2)21-15(23)13-4-3-6-22(13)14-12-5-7-25-17(12)20-9-19-14/h5,7-9,11,13H,3-4,6H2,1-2H3,(H,21,23)/t11-,13+/m0/s1. The molecule has 3 aromatic heterocycles. The highest BCUT2D eigenvalue weighted by Gasteiger charge is 2.33. The third-order valence-electron chi connectivity index (χ3n) is 4.44. The Kier molecular flexibility index (Phi) is 4.12. The van der Waals surface area contributed by atoms with Crippen molar-refractivity contribution in [1.82, 2.24) is 20.3 Å². The van der Waals surface area contributed by atoms with Gasteiger partial charge in [0.25, 0.3) is 0 Å². The van der Waals surface area contributed by atoms with Crippen LogP contribution in [0.4, 0.5) is 5.82 Å². The van der Waals surface area contributed by atoms with Gasteiger partial charge in [-0.1, -0.05) is 0 Å². The molecular formula is C17H19N5O2S. The van der Waals surface area contributed by atoms with Gasteiger partial charge >= 0.3 is 0 Å². The molecule has 0 aliphatic carbocycles. The molecule has 1 fully saturated rings. The summed E-state index contributed by atoms with van der Waals surface area (Å²) in [7, 11) is 0. The molecule has 0 aromatic carbocycles. The number of aryl methyl sites for hydroxylation is 1. The second-order valence-electron chi connectivity index (χ2n) is 6.23. The van der Waals surface area contributed by atoms with Gasteiger partial charge < -0.3 is 14.6 Å². The van der Waals surface area contributed by atoms with Crippen LogP contribution in [-0.2, 0) is 4.79 Å². The first kappa shape index (κ1) is 16.0. The highest BCUT2D eigenvalue weighted by Crippen LogP contribution is 2.32. The number of hydrogen-bond acceptors (Lipinski definition) is 7. The summed E-state index contributed by atoms with van der Waals surface area (Å²) in [5, 5.41) is 6.02. The molecule has 2 atom stereocenters. The molecule has 1 aliphatic heterocycles. The van der Waals surface area contributed by atoms with Crippen molar-refractivity contribution in [1.29, 1.82) is 0 Å². The second-order valence-corrected chi connectivity index (χ2v) is 7.12. The van der Waals surface area contributed by atoms with Crippen molar-refractivity contribution >= 4 is 33.3 Å². The highest BCUT2D eigenvalue weighted by molar-refractivity contribution is 7.16. The third kappa shape index (κ3) is 2.97. The zero-order valence-electron chi connectivity index (χ0n) is 14.1. The van der Waals surface area contributed by atoms with Crippen molar-refractivity contribution in [2.24, 2.45) is 0 Å². The normalized spacial score (nSPS) is 18.6. The van der Waals surface area contributed by atoms with Crippen LogP contribution in [0.15, 0.2) is 28.4 Å². The van der Waals surface area contributed by atoms with Gasteiger partial charge in [-0.05, 0) is 38.1 Å². The van der Waals surface area contributed by atoms with Crippen LogP contribution in [0.25, 0.3) is 10.2 Å². The van der Waals surface area contributed by atoms with E-state index < -0.39 is 0 Å². The maximum Gasteiger partial charge on any atom is 0.243 e. The summed E-state index contributed by atoms with van der Waals surface area (Å²) < 4.78 is 5.51. The predicted octanol–water partition coefficient (Wildman–Crippen LogP) is 2.83. The number of nitrogens with zero attached hydrogens (tertiary/aromatic N) is 4. The molecule has 0 bridgehead atoms. The number of nitrogens with one attached hydrogen (secondary N) is 1. The maximum absolute atomic E-state index is 12.8. The Morgan fingerprint density at radius 2 is 2.32 bits per heavy atom. The molecule has 8 heteroatoms. The summed E-state index contributed by atoms with van der Waals surface area (Å²) in [4.78, 5) is 28.8. The van der Waals surface area contributed by atoms with Gasteiger partial charge in [-0.25, -0.2) is 15.0 Å². The maximum atomic E-state index is 12.8. The van der Waals surface area contributed by atoms with Crippen molar-refractivity contribution in [2.75, 3.05) is 11.4 Å². The molecule has 0 unspecified atom stereocenters. The number of amides is 1. The van der Waals surface area contributed by atoms with E-state index in [-0.39, 0.29) is 18.0 Å². The van der Waals surface area contributed by atoms with E-state index in [4.69, 9.17) is 4.42 Å². The van der Waals surface area contributed by atoms with Gasteiger partial charge in [0.15, 0.2) is 0 Å². The van der Waals surface area contributed by atoms with Gasteiger partial charge in [0.1, 0.15) is 34.8 Å². The second kappa shape index (κ2) is 6.44. The number of anilines is 1. The van der Waals surface area contributed by atoms with Gasteiger partial charge in [-0.2, -0.15) is 0 Å². The molecule has 7 nitrogen and oxygen atoms in total. The van der Waals surface area contributed by atoms with Crippen LogP contribution in [0.2, 0.25) is 0 Å². The average molecular weight is 357 g/mol. The zero-order valence-corrected chi connectivity index (χ0v) is 14.9. The van der Waals surface area contributed by atoms with Gasteiger partial charge in [0, 0.05) is 6.54 Å². The Labute approximate surface area is 149 Å². The lowest BCUT2D eigenvalue weighted by atomic mass is 10.2. The Morgan fingerprint density at radius 1 is 1.44 bits per heavy atom. The van der Waals surface area contributed by atoms with Crippen LogP contribution in [0.3, 0.4) is 0 Å². The Hall–Kier alpha value is -2.48. The summed E-state index contributed by atoms with van der Waals surface area (Å²) in [5.74, 6) is 2.07. The minimum Gasteiger partial charge on any atom is -0.444 e. The SMILES string of the molecule is Cc1cnc([C@H](C)NC(=O)[C@H]2CCCN2c2ncnc3sccc23)o1. The molecule has 0 spiro atoms. The molecule has 0 radical (unpaired) electrons. The third-order valence-corrected chi connectivity index (χ3v) is 5.26. The molecule has 1 N–H and O–H groups in total. The zero-order chi connectivity index (χ0) is 17.4. The minimum absolute atomic E-state index is 0.0251. The lowest BCUT2D eigenvalue weighted by Gasteiger charge is -2.26. The molecule has 1 amide bonds. The summed E-state index contributed by atoms with van der Waals surface area (Å²) >= 11 is 1.58. The molecular weight excluding hydrogens is 338 g/mol. The Morgan fingerprint density at radius 3 is 3.12 bits per heavy atom. The van der Waals surface area contributed by atoms with Crippen LogP contribution in [-0.4, -0.2) is 33.4 Å². The first-order valence-electron chi connectivity index (χ1n) is 8.31. The minimum atomic E-state index is -0.268. The number of aromatic nitrogens is 3. The van der Waals surface area contributed by atoms with Crippen LogP contribution in [0, 0.1) is 6.92 Å². The van der Waals surface area contributed by atoms with E-state index in [0.717, 1.165) is 41.2 Å². The number of fused-ring (bicyclic) bond motifs is 1. The highest BCUT2D eigenvalue weighted by atomic mass is 32.1. The van der Waals surface area contributed by atoms with Crippen LogP contribution >= 0.6 is 11.3 Å². The number of carbonyl (C=O) groups is 1. The van der Waals surface area contributed by atoms with E-state index in [0.29, 0.717) is 5.89 Å². The van der Waals surface area contributed by atoms with Crippen molar-refractivity contribution in [3.8, 4) is 0 Å². The molecule has 130 valence electrons. The van der Waals surface area contributed by atoms with Gasteiger partial charge in [0.2, 0.25) is 11.8 Å². The first-order chi connectivity index (χ1) is 12.1. The molecule has 4 heterocycles. The number of hydrogen-bond donors (Lipinski definition) is 1. The van der Waals surface area contributed by atoms with Crippen LogP contribution < -0.4 is 10.2 Å². The lowest BCUT2D eigenvalue weighted by Crippen LogP contribution is -2.44. The molecule has 25 heavy (non-hydrogen) atoms. The summed E-state index contributed by atoms with van der Waals surface area (Å²) in [5.41, 5.74) is 0. The smallest absolute Gasteiger partial charge is 0.243 e. The number of thiophene rings is 1. The van der Waals surface area contributed by atoms with E-state index in [1.807, 2.05) is 25.3 Å². The molecule has 3 aromatic rings. The molecule has 0 saturated carbocycles. The monoisotopic (exact) mass is 357 g/mol. The number of oxazole rings is 1. The van der Waals surface area contributed by atoms with E-state index in [2.05, 4.69) is 25.2 Å². The fraction of sp³-hybridized carbons (Fsp3) is 0.412. The summed E-state index contributed by atoms with van der Waals surface area (Å²) in [6.45, 7) is 4.53. The number of rotatable bonds is 4. The van der Waals surface area contributed by atoms with Crippen molar-refractivity contribution in [2.45, 2.75) is 38.8 Å². The van der Waals surface area contributed by atoms with Gasteiger partial charge in [-0.3, -0.25) is 4.79 Å². The first-order valence-corrected chi connectivity index (χ1v) is 9.19. The van der Waals surface area contributed by atoms with E-state index in [9.17, 15) is 4.79 Å². The molecule has 1 aliphatic rings. The van der Waals surface area contributed by atoms with Crippen molar-refractivity contribution in [3.63, 3.8) is 0 Å². The Bertz CT molecular complexity index is 905. The van der Waals surface area contributed by atoms with E-state index in [1.165, 1.54) is 0 Å². The van der Waals surface area contributed by atoms with E-state index >= 15 is 0 Å². The van der Waals surface area contributed by atoms with E-state index in [1.54, 1.807) is 23.9 Å². The summed E-state index contributed by atoms with van der Waals surface area (Å²) in [6.07, 6.45) is 4.99. The lowest BCUT2D eigenvalue weighted by molar-refractivity contribution is -0.123. The largest absolute Gasteiger partial charge is 0.444 e. The van der Waals surface area contributed by atoms with Crippen molar-refractivity contribution < 1.29 is 9.21 Å². The van der Waals surface area contributed by atoms with Crippen molar-refractivity contribution in [3.05, 3.63) is 35.6 Å². The van der Waals surface area contributed by atoms with Gasteiger partial charge in [-0.15, -0.1) is 11.3 Å². The molecule has 1 saturated heterocycles. The predicted molar refractivity (Wildman–Crippen MR) is 95.6 cm³/mol. The van der Waals surface area contributed by atoms with Crippen LogP contribution in [0.5, 0.6) is 0 Å². The average Bonchev–Trinajstić information content (AvgIpc) is 3.34. The van der Waals surface area contributed by atoms with Crippen LogP contribution in [0.1, 0.15) is 37.5 Å². The molecule has 4 rings (SSSR count). The summed E-state index contributed by atoms with van der Waals surface area (Å²) in [6, 6.07) is 1.51. The number of carbonyl (C=O) groups excluding carboxylic acids is 1. The van der Waals surface area contributed by atoms with Gasteiger partial charge in [0.05, 0.1) is 11.6 Å². The quantitative estimate of drug-likeness (QED) is 0.773. The Balaban J connectivity index is 1.55. The fourth-order valence-electron chi connectivity index (χ4n) is 3.24. The topological polar surface area (TPSA) is 84.2 Å².